The monoisotopic (exact) mass is 315 g/mol. The van der Waals surface area contributed by atoms with Crippen LogP contribution in [0.25, 0.3) is 0 Å². The molecule has 0 saturated heterocycles. The van der Waals surface area contributed by atoms with E-state index in [0.29, 0.717) is 6.42 Å². The maximum absolute atomic E-state index is 11.3. The van der Waals surface area contributed by atoms with Gasteiger partial charge in [-0.25, -0.2) is 4.98 Å². The van der Waals surface area contributed by atoms with Gasteiger partial charge in [-0.05, 0) is 11.8 Å². The smallest absolute Gasteiger partial charge is 0.312 e. The highest BCUT2D eigenvalue weighted by atomic mass is 35.5. The number of nitrogens with zero attached hydrogens (tertiary/aromatic N) is 2. The molecular weight excluding hydrogens is 298 g/mol. The first-order valence-electron chi connectivity index (χ1n) is 6.37. The van der Waals surface area contributed by atoms with E-state index >= 15 is 0 Å². The molecule has 21 heavy (non-hydrogen) atoms. The third-order valence-corrected chi connectivity index (χ3v) is 2.96. The van der Waals surface area contributed by atoms with Gasteiger partial charge in [0.25, 0.3) is 0 Å². The summed E-state index contributed by atoms with van der Waals surface area (Å²) in [6.45, 7) is 5.87. The van der Waals surface area contributed by atoms with Crippen molar-refractivity contribution in [2.45, 2.75) is 27.2 Å². The number of carboxylic acid groups (broad SMARTS) is 1. The zero-order valence-corrected chi connectivity index (χ0v) is 12.8. The highest BCUT2D eigenvalue weighted by Gasteiger charge is 2.25. The van der Waals surface area contributed by atoms with Crippen LogP contribution in [0.15, 0.2) is 12.3 Å². The van der Waals surface area contributed by atoms with Crippen molar-refractivity contribution < 1.29 is 14.8 Å². The van der Waals surface area contributed by atoms with E-state index in [-0.39, 0.29) is 28.5 Å². The fourth-order valence-corrected chi connectivity index (χ4v) is 2.06. The zero-order valence-electron chi connectivity index (χ0n) is 12.1. The van der Waals surface area contributed by atoms with Crippen molar-refractivity contribution in [2.24, 2.45) is 11.3 Å². The molecule has 116 valence electrons. The largest absolute Gasteiger partial charge is 0.481 e. The number of halogens is 1. The molecular formula is C13H18ClN3O4. The molecule has 0 aliphatic heterocycles. The molecule has 1 rings (SSSR count). The topological polar surface area (TPSA) is 105 Å². The molecule has 1 heterocycles. The summed E-state index contributed by atoms with van der Waals surface area (Å²) in [5.74, 6) is -1.60. The standard InChI is InChI=1S/C13H18ClN3O4/c1-13(2,3)5-8(12(18)19)6-15-11-10(17(20)21)4-9(14)7-16-11/h4,7-8H,5-6H2,1-3H3,(H,15,16)(H,18,19). The van der Waals surface area contributed by atoms with E-state index in [2.05, 4.69) is 10.3 Å². The minimum Gasteiger partial charge on any atom is -0.481 e. The van der Waals surface area contributed by atoms with Crippen LogP contribution >= 0.6 is 11.6 Å². The van der Waals surface area contributed by atoms with Crippen molar-refractivity contribution in [3.05, 3.63) is 27.4 Å². The Morgan fingerprint density at radius 1 is 1.57 bits per heavy atom. The molecule has 8 heteroatoms. The summed E-state index contributed by atoms with van der Waals surface area (Å²) < 4.78 is 0. The number of rotatable bonds is 6. The predicted octanol–water partition coefficient (Wildman–Crippen LogP) is 3.19. The van der Waals surface area contributed by atoms with Gasteiger partial charge in [0.1, 0.15) is 0 Å². The average molecular weight is 316 g/mol. The van der Waals surface area contributed by atoms with E-state index in [1.165, 1.54) is 12.3 Å². The molecule has 1 aromatic heterocycles. The number of nitrogens with one attached hydrogen (secondary N) is 1. The first kappa shape index (κ1) is 17.2. The van der Waals surface area contributed by atoms with Crippen LogP contribution < -0.4 is 5.32 Å². The van der Waals surface area contributed by atoms with Crippen LogP contribution in [-0.4, -0.2) is 27.5 Å². The summed E-state index contributed by atoms with van der Waals surface area (Å²) in [5, 5.41) is 23.0. The van der Waals surface area contributed by atoms with Gasteiger partial charge >= 0.3 is 11.7 Å². The van der Waals surface area contributed by atoms with Crippen molar-refractivity contribution in [1.82, 2.24) is 4.98 Å². The number of hydrogen-bond donors (Lipinski definition) is 2. The SMILES string of the molecule is CC(C)(C)CC(CNc1ncc(Cl)cc1[N+](=O)[O-])C(=O)O. The summed E-state index contributed by atoms with van der Waals surface area (Å²) in [4.78, 5) is 25.4. The molecule has 1 unspecified atom stereocenters. The molecule has 0 bridgehead atoms. The van der Waals surface area contributed by atoms with Crippen molar-refractivity contribution in [1.29, 1.82) is 0 Å². The molecule has 7 nitrogen and oxygen atoms in total. The van der Waals surface area contributed by atoms with Crippen LogP contribution in [0.5, 0.6) is 0 Å². The molecule has 0 aliphatic carbocycles. The van der Waals surface area contributed by atoms with Crippen molar-refractivity contribution in [3.63, 3.8) is 0 Å². The second-order valence-corrected chi connectivity index (χ2v) is 6.40. The number of pyridine rings is 1. The molecule has 0 spiro atoms. The third kappa shape index (κ3) is 5.55. The number of aliphatic carboxylic acids is 1. The van der Waals surface area contributed by atoms with Crippen LogP contribution in [0, 0.1) is 21.4 Å². The minimum atomic E-state index is -0.950. The van der Waals surface area contributed by atoms with Crippen molar-refractivity contribution in [2.75, 3.05) is 11.9 Å². The first-order chi connectivity index (χ1) is 9.60. The van der Waals surface area contributed by atoms with Crippen LogP contribution in [0.1, 0.15) is 27.2 Å². The lowest BCUT2D eigenvalue weighted by Gasteiger charge is -2.23. The summed E-state index contributed by atoms with van der Waals surface area (Å²) in [6, 6.07) is 1.18. The zero-order chi connectivity index (χ0) is 16.2. The maximum atomic E-state index is 11.3. The Bertz CT molecular complexity index is 543. The van der Waals surface area contributed by atoms with Gasteiger partial charge < -0.3 is 10.4 Å². The molecule has 0 amide bonds. The molecule has 1 atom stereocenters. The van der Waals surface area contributed by atoms with Crippen molar-refractivity contribution in [3.8, 4) is 0 Å². The number of carboxylic acids is 1. The molecule has 0 saturated carbocycles. The number of nitro groups is 1. The second-order valence-electron chi connectivity index (χ2n) is 5.96. The summed E-state index contributed by atoms with van der Waals surface area (Å²) >= 11 is 5.67. The van der Waals surface area contributed by atoms with E-state index in [1.54, 1.807) is 0 Å². The lowest BCUT2D eigenvalue weighted by molar-refractivity contribution is -0.384. The summed E-state index contributed by atoms with van der Waals surface area (Å²) in [7, 11) is 0. The lowest BCUT2D eigenvalue weighted by Crippen LogP contribution is -2.27. The van der Waals surface area contributed by atoms with Crippen LogP contribution in [0.2, 0.25) is 5.02 Å². The summed E-state index contributed by atoms with van der Waals surface area (Å²) in [6.07, 6.45) is 1.72. The maximum Gasteiger partial charge on any atom is 0.312 e. The molecule has 0 radical (unpaired) electrons. The molecule has 2 N–H and O–H groups in total. The van der Waals surface area contributed by atoms with Gasteiger partial charge in [-0.2, -0.15) is 0 Å². The van der Waals surface area contributed by atoms with Crippen LogP contribution in [0.4, 0.5) is 11.5 Å². The van der Waals surface area contributed by atoms with Gasteiger partial charge in [-0.15, -0.1) is 0 Å². The molecule has 0 aromatic carbocycles. The third-order valence-electron chi connectivity index (χ3n) is 2.75. The second kappa shape index (κ2) is 6.71. The van der Waals surface area contributed by atoms with Crippen LogP contribution in [0.3, 0.4) is 0 Å². The fourth-order valence-electron chi connectivity index (χ4n) is 1.91. The Morgan fingerprint density at radius 3 is 2.67 bits per heavy atom. The van der Waals surface area contributed by atoms with E-state index in [9.17, 15) is 20.0 Å². The van der Waals surface area contributed by atoms with E-state index < -0.39 is 16.8 Å². The van der Waals surface area contributed by atoms with Gasteiger partial charge in [-0.1, -0.05) is 32.4 Å². The summed E-state index contributed by atoms with van der Waals surface area (Å²) in [5.41, 5.74) is -0.438. The first-order valence-corrected chi connectivity index (χ1v) is 6.74. The van der Waals surface area contributed by atoms with E-state index in [4.69, 9.17) is 11.6 Å². The Morgan fingerprint density at radius 2 is 2.19 bits per heavy atom. The average Bonchev–Trinajstić information content (AvgIpc) is 2.33. The number of aromatic nitrogens is 1. The van der Waals surface area contributed by atoms with Gasteiger partial charge in [0.2, 0.25) is 5.82 Å². The minimum absolute atomic E-state index is 0.0181. The van der Waals surface area contributed by atoms with E-state index in [1.807, 2.05) is 20.8 Å². The molecule has 1 aromatic rings. The quantitative estimate of drug-likeness (QED) is 0.617. The molecule has 0 fully saturated rings. The van der Waals surface area contributed by atoms with Crippen molar-refractivity contribution >= 4 is 29.1 Å². The number of carbonyl (C=O) groups is 1. The Hall–Kier alpha value is -1.89. The van der Waals surface area contributed by atoms with Gasteiger partial charge in [-0.3, -0.25) is 14.9 Å². The normalized spacial score (nSPS) is 12.8. The van der Waals surface area contributed by atoms with Gasteiger partial charge in [0.15, 0.2) is 0 Å². The van der Waals surface area contributed by atoms with Gasteiger partial charge in [0.05, 0.1) is 15.9 Å². The predicted molar refractivity (Wildman–Crippen MR) is 79.6 cm³/mol. The Labute approximate surface area is 127 Å². The Kier molecular flexibility index (Phi) is 5.48. The van der Waals surface area contributed by atoms with Crippen LogP contribution in [-0.2, 0) is 4.79 Å². The number of anilines is 1. The molecule has 0 aliphatic rings. The lowest BCUT2D eigenvalue weighted by atomic mass is 9.84. The fraction of sp³-hybridized carbons (Fsp3) is 0.538. The number of hydrogen-bond acceptors (Lipinski definition) is 5. The Balaban J connectivity index is 2.86. The van der Waals surface area contributed by atoms with Gasteiger partial charge in [0, 0.05) is 18.8 Å². The highest BCUT2D eigenvalue weighted by molar-refractivity contribution is 6.30. The van der Waals surface area contributed by atoms with E-state index in [0.717, 1.165) is 0 Å². The highest BCUT2D eigenvalue weighted by Crippen LogP contribution is 2.27.